The molecule has 0 aliphatic carbocycles. The number of esters is 3. The number of rotatable bonds is 3. The molecule has 3 rings (SSSR count). The molecule has 0 N–H and O–H groups in total. The van der Waals surface area contributed by atoms with Crippen molar-refractivity contribution in [3.05, 3.63) is 41.5 Å². The van der Waals surface area contributed by atoms with Crippen LogP contribution in [0.5, 0.6) is 11.5 Å². The molecule has 0 saturated carbocycles. The van der Waals surface area contributed by atoms with Crippen LogP contribution in [-0.2, 0) is 28.5 Å². The first-order valence-corrected chi connectivity index (χ1v) is 11.5. The molecule has 9 heteroatoms. The number of cyclic esters (lactones) is 1. The first kappa shape index (κ1) is 26.4. The van der Waals surface area contributed by atoms with Gasteiger partial charge in [0.2, 0.25) is 0 Å². The van der Waals surface area contributed by atoms with Gasteiger partial charge in [-0.2, -0.15) is 0 Å². The minimum Gasteiger partial charge on any atom is -0.497 e. The molecule has 1 fully saturated rings. The van der Waals surface area contributed by atoms with Crippen LogP contribution >= 0.6 is 0 Å². The van der Waals surface area contributed by atoms with Crippen molar-refractivity contribution >= 4 is 24.0 Å². The fourth-order valence-electron chi connectivity index (χ4n) is 4.05. The van der Waals surface area contributed by atoms with Gasteiger partial charge in [-0.3, -0.25) is 9.59 Å². The maximum absolute atomic E-state index is 13.1. The predicted octanol–water partition coefficient (Wildman–Crippen LogP) is 3.98. The van der Waals surface area contributed by atoms with E-state index in [1.165, 1.54) is 27.0 Å². The fourth-order valence-corrected chi connectivity index (χ4v) is 4.05. The van der Waals surface area contributed by atoms with E-state index in [1.807, 2.05) is 12.2 Å². The van der Waals surface area contributed by atoms with Gasteiger partial charge >= 0.3 is 17.9 Å². The Balaban J connectivity index is 2.08. The van der Waals surface area contributed by atoms with E-state index in [-0.39, 0.29) is 17.7 Å². The molecule has 1 aromatic rings. The highest BCUT2D eigenvalue weighted by atomic mass is 16.8. The van der Waals surface area contributed by atoms with E-state index in [2.05, 4.69) is 0 Å². The van der Waals surface area contributed by atoms with Crippen LogP contribution in [0.2, 0.25) is 0 Å². The van der Waals surface area contributed by atoms with E-state index in [9.17, 15) is 14.4 Å². The third-order valence-corrected chi connectivity index (χ3v) is 5.41. The van der Waals surface area contributed by atoms with Crippen molar-refractivity contribution in [1.29, 1.82) is 0 Å². The second-order valence-corrected chi connectivity index (χ2v) is 8.91. The Morgan fingerprint density at radius 3 is 2.46 bits per heavy atom. The van der Waals surface area contributed by atoms with Crippen LogP contribution < -0.4 is 9.47 Å². The zero-order valence-electron chi connectivity index (χ0n) is 20.9. The van der Waals surface area contributed by atoms with Gasteiger partial charge in [-0.25, -0.2) is 4.79 Å². The molecule has 2 heterocycles. The van der Waals surface area contributed by atoms with Crippen molar-refractivity contribution in [1.82, 2.24) is 0 Å². The molecule has 9 nitrogen and oxygen atoms in total. The summed E-state index contributed by atoms with van der Waals surface area (Å²) in [5.41, 5.74) is 0.515. The van der Waals surface area contributed by atoms with E-state index in [1.54, 1.807) is 39.0 Å². The maximum atomic E-state index is 13.1. The average molecular weight is 489 g/mol. The van der Waals surface area contributed by atoms with Crippen molar-refractivity contribution in [3.63, 3.8) is 0 Å². The summed E-state index contributed by atoms with van der Waals surface area (Å²) in [6, 6.07) is 3.10. The van der Waals surface area contributed by atoms with Crippen LogP contribution in [0.4, 0.5) is 0 Å². The number of carbonyl (C=O) groups is 3. The van der Waals surface area contributed by atoms with Crippen LogP contribution in [-0.4, -0.2) is 55.2 Å². The van der Waals surface area contributed by atoms with Crippen molar-refractivity contribution in [2.45, 2.75) is 77.7 Å². The molecule has 0 spiro atoms. The molecule has 1 saturated heterocycles. The van der Waals surface area contributed by atoms with Gasteiger partial charge in [0.05, 0.1) is 7.11 Å². The molecule has 0 radical (unpaired) electrons. The monoisotopic (exact) mass is 488 g/mol. The lowest BCUT2D eigenvalue weighted by atomic mass is 10.0. The van der Waals surface area contributed by atoms with Crippen LogP contribution in [0.3, 0.4) is 0 Å². The van der Waals surface area contributed by atoms with E-state index < -0.39 is 48.1 Å². The summed E-state index contributed by atoms with van der Waals surface area (Å²) in [4.78, 5) is 36.7. The Labute approximate surface area is 205 Å². The van der Waals surface area contributed by atoms with Gasteiger partial charge < -0.3 is 28.4 Å². The van der Waals surface area contributed by atoms with Crippen LogP contribution in [0.25, 0.3) is 6.08 Å². The molecule has 35 heavy (non-hydrogen) atoms. The van der Waals surface area contributed by atoms with Gasteiger partial charge in [-0.05, 0) is 32.4 Å². The molecular weight excluding hydrogens is 456 g/mol. The zero-order chi connectivity index (χ0) is 25.8. The van der Waals surface area contributed by atoms with E-state index in [4.69, 9.17) is 28.4 Å². The smallest absolute Gasteiger partial charge is 0.342 e. The summed E-state index contributed by atoms with van der Waals surface area (Å²) in [6.45, 7) is 7.94. The highest BCUT2D eigenvalue weighted by molar-refractivity contribution is 5.98. The fraction of sp³-hybridized carbons (Fsp3) is 0.500. The molecular formula is C26H32O9. The Morgan fingerprint density at radius 2 is 1.80 bits per heavy atom. The lowest BCUT2D eigenvalue weighted by Crippen LogP contribution is -2.37. The Kier molecular flexibility index (Phi) is 8.34. The molecule has 0 amide bonds. The molecule has 4 atom stereocenters. The minimum atomic E-state index is -0.868. The summed E-state index contributed by atoms with van der Waals surface area (Å²) < 4.78 is 34.0. The van der Waals surface area contributed by atoms with Gasteiger partial charge in [0.25, 0.3) is 0 Å². The molecule has 190 valence electrons. The van der Waals surface area contributed by atoms with Crippen LogP contribution in [0.1, 0.15) is 63.4 Å². The second kappa shape index (κ2) is 11.0. The summed E-state index contributed by atoms with van der Waals surface area (Å²) in [7, 11) is 1.47. The molecule has 0 unspecified atom stereocenters. The Hall–Kier alpha value is -3.17. The summed E-state index contributed by atoms with van der Waals surface area (Å²) in [5.74, 6) is -2.13. The maximum Gasteiger partial charge on any atom is 0.342 e. The van der Waals surface area contributed by atoms with Gasteiger partial charge in [0, 0.05) is 32.8 Å². The third-order valence-electron chi connectivity index (χ3n) is 5.41. The summed E-state index contributed by atoms with van der Waals surface area (Å²) >= 11 is 0. The topological polar surface area (TPSA) is 107 Å². The highest BCUT2D eigenvalue weighted by Crippen LogP contribution is 2.35. The number of hydrogen-bond donors (Lipinski definition) is 0. The third kappa shape index (κ3) is 6.93. The van der Waals surface area contributed by atoms with Gasteiger partial charge in [-0.15, -0.1) is 0 Å². The highest BCUT2D eigenvalue weighted by Gasteiger charge is 2.45. The predicted molar refractivity (Wildman–Crippen MR) is 126 cm³/mol. The molecule has 0 bridgehead atoms. The normalized spacial score (nSPS) is 27.9. The van der Waals surface area contributed by atoms with Crippen LogP contribution in [0, 0.1) is 0 Å². The molecule has 2 aliphatic rings. The standard InChI is InChI=1S/C26H32O9/c1-15-9-7-12-21-24(35-26(4,5)34-21)20(32-16(2)27)11-8-10-18-13-19(30-6)14-22(33-17(3)28)23(18)25(29)31-15/h7-8,10,12-15,20-21,24H,9,11H2,1-6H3/b10-8+,12-7+/t15-,20-,21-,24-/m0/s1. The number of ether oxygens (including phenoxy) is 6. The lowest BCUT2D eigenvalue weighted by molar-refractivity contribution is -0.169. The van der Waals surface area contributed by atoms with Crippen molar-refractivity contribution < 1.29 is 42.8 Å². The quantitative estimate of drug-likeness (QED) is 0.355. The van der Waals surface area contributed by atoms with Crippen molar-refractivity contribution in [3.8, 4) is 11.5 Å². The van der Waals surface area contributed by atoms with Gasteiger partial charge in [0.1, 0.15) is 41.5 Å². The summed E-state index contributed by atoms with van der Waals surface area (Å²) in [6.07, 6.45) is 5.65. The van der Waals surface area contributed by atoms with E-state index >= 15 is 0 Å². The van der Waals surface area contributed by atoms with Gasteiger partial charge in [0.15, 0.2) is 5.79 Å². The Bertz CT molecular complexity index is 1020. The molecule has 1 aromatic carbocycles. The number of benzene rings is 1. The minimum absolute atomic E-state index is 0.0298. The molecule has 2 aliphatic heterocycles. The largest absolute Gasteiger partial charge is 0.497 e. The first-order valence-electron chi connectivity index (χ1n) is 11.5. The second-order valence-electron chi connectivity index (χ2n) is 8.91. The number of methoxy groups -OCH3 is 1. The number of carbonyl (C=O) groups excluding carboxylic acids is 3. The summed E-state index contributed by atoms with van der Waals surface area (Å²) in [5, 5.41) is 0. The SMILES string of the molecule is COc1cc2c(c(OC(C)=O)c1)C(=O)O[C@@H](C)C/C=C/[C@@H]1OC(C)(C)O[C@H]1[C@@H](OC(C)=O)C/C=C/2. The van der Waals surface area contributed by atoms with Gasteiger partial charge in [-0.1, -0.05) is 24.3 Å². The van der Waals surface area contributed by atoms with Crippen LogP contribution in [0.15, 0.2) is 30.4 Å². The van der Waals surface area contributed by atoms with E-state index in [0.717, 1.165) is 0 Å². The molecule has 0 aromatic heterocycles. The Morgan fingerprint density at radius 1 is 1.06 bits per heavy atom. The van der Waals surface area contributed by atoms with Crippen molar-refractivity contribution in [2.75, 3.05) is 7.11 Å². The first-order chi connectivity index (χ1) is 16.5. The lowest BCUT2D eigenvalue weighted by Gasteiger charge is -2.25. The number of fused-ring (bicyclic) bond motifs is 2. The van der Waals surface area contributed by atoms with E-state index in [0.29, 0.717) is 17.7 Å². The average Bonchev–Trinajstić information content (AvgIpc) is 3.05. The zero-order valence-corrected chi connectivity index (χ0v) is 20.9. The number of hydrogen-bond acceptors (Lipinski definition) is 9. The van der Waals surface area contributed by atoms with Crippen molar-refractivity contribution in [2.24, 2.45) is 0 Å².